The molecule has 3 aromatic rings. The molecule has 0 saturated heterocycles. The molecule has 1 aliphatic carbocycles. The highest BCUT2D eigenvalue weighted by molar-refractivity contribution is 5.77. The van der Waals surface area contributed by atoms with Crippen LogP contribution in [0.2, 0.25) is 0 Å². The van der Waals surface area contributed by atoms with Crippen LogP contribution < -0.4 is 0 Å². The van der Waals surface area contributed by atoms with Gasteiger partial charge in [0.25, 0.3) is 0 Å². The van der Waals surface area contributed by atoms with Crippen LogP contribution in [0.25, 0.3) is 22.4 Å². The predicted octanol–water partition coefficient (Wildman–Crippen LogP) is 2.30. The molecule has 0 spiro atoms. The minimum Gasteiger partial charge on any atom is -0.325 e. The van der Waals surface area contributed by atoms with Gasteiger partial charge in [0.05, 0.1) is 17.4 Å². The van der Waals surface area contributed by atoms with E-state index in [2.05, 4.69) is 30.5 Å². The standard InChI is InChI=1S/C18H20N6/c1-2-14(3-1)23-7-4-17-22-18-16(24(17)9-8-23)10-13(11-21-18)15-12-19-5-6-20-15/h5-6,10-12,14H,1-4,7-9H2. The van der Waals surface area contributed by atoms with Crippen LogP contribution in [-0.4, -0.2) is 48.5 Å². The molecule has 0 N–H and O–H groups in total. The Morgan fingerprint density at radius 2 is 1.96 bits per heavy atom. The molecule has 2 aliphatic rings. The molecule has 4 heterocycles. The van der Waals surface area contributed by atoms with Gasteiger partial charge in [-0.25, -0.2) is 9.97 Å². The number of rotatable bonds is 2. The molecule has 0 radical (unpaired) electrons. The second-order valence-electron chi connectivity index (χ2n) is 6.71. The lowest BCUT2D eigenvalue weighted by atomic mass is 9.91. The zero-order valence-corrected chi connectivity index (χ0v) is 13.6. The Kier molecular flexibility index (Phi) is 3.29. The molecule has 3 aromatic heterocycles. The van der Waals surface area contributed by atoms with Gasteiger partial charge in [-0.15, -0.1) is 0 Å². The first-order valence-corrected chi connectivity index (χ1v) is 8.74. The second-order valence-corrected chi connectivity index (χ2v) is 6.71. The Morgan fingerprint density at radius 3 is 2.75 bits per heavy atom. The van der Waals surface area contributed by atoms with E-state index in [1.807, 2.05) is 6.20 Å². The van der Waals surface area contributed by atoms with Gasteiger partial charge in [0.1, 0.15) is 5.82 Å². The van der Waals surface area contributed by atoms with E-state index in [-0.39, 0.29) is 0 Å². The topological polar surface area (TPSA) is 59.7 Å². The largest absolute Gasteiger partial charge is 0.325 e. The van der Waals surface area contributed by atoms with Gasteiger partial charge in [-0.3, -0.25) is 14.9 Å². The lowest BCUT2D eigenvalue weighted by Crippen LogP contribution is -2.41. The van der Waals surface area contributed by atoms with E-state index in [0.29, 0.717) is 0 Å². The van der Waals surface area contributed by atoms with Crippen molar-refractivity contribution in [3.8, 4) is 11.3 Å². The van der Waals surface area contributed by atoms with Crippen molar-refractivity contribution in [2.45, 2.75) is 38.3 Å². The number of aromatic nitrogens is 5. The summed E-state index contributed by atoms with van der Waals surface area (Å²) in [4.78, 5) is 20.5. The number of nitrogens with zero attached hydrogens (tertiary/aromatic N) is 6. The van der Waals surface area contributed by atoms with Crippen LogP contribution in [0.5, 0.6) is 0 Å². The van der Waals surface area contributed by atoms with Gasteiger partial charge in [0.2, 0.25) is 0 Å². The molecular formula is C18H20N6. The molecule has 0 atom stereocenters. The molecule has 1 aliphatic heterocycles. The fourth-order valence-electron chi connectivity index (χ4n) is 3.78. The molecule has 6 heteroatoms. The highest BCUT2D eigenvalue weighted by Gasteiger charge is 2.27. The lowest BCUT2D eigenvalue weighted by Gasteiger charge is -2.36. The maximum atomic E-state index is 4.77. The summed E-state index contributed by atoms with van der Waals surface area (Å²) in [6, 6.07) is 2.95. The lowest BCUT2D eigenvalue weighted by molar-refractivity contribution is 0.130. The third-order valence-electron chi connectivity index (χ3n) is 5.37. The summed E-state index contributed by atoms with van der Waals surface area (Å²) >= 11 is 0. The van der Waals surface area contributed by atoms with Crippen molar-refractivity contribution in [1.82, 2.24) is 29.4 Å². The summed E-state index contributed by atoms with van der Waals surface area (Å²) in [5, 5.41) is 0. The van der Waals surface area contributed by atoms with E-state index in [4.69, 9.17) is 4.98 Å². The molecule has 1 saturated carbocycles. The number of hydrogen-bond acceptors (Lipinski definition) is 5. The Balaban J connectivity index is 1.51. The van der Waals surface area contributed by atoms with Gasteiger partial charge in [-0.2, -0.15) is 0 Å². The first-order chi connectivity index (χ1) is 11.9. The Labute approximate surface area is 140 Å². The van der Waals surface area contributed by atoms with Crippen molar-refractivity contribution in [3.05, 3.63) is 36.7 Å². The Hall–Kier alpha value is -2.34. The maximum Gasteiger partial charge on any atom is 0.177 e. The predicted molar refractivity (Wildman–Crippen MR) is 91.5 cm³/mol. The molecule has 0 bridgehead atoms. The minimum absolute atomic E-state index is 0.800. The second kappa shape index (κ2) is 5.63. The SMILES string of the molecule is c1cnc(-c2cnc3nc4n(c3c2)CCN(C2CCC2)CC4)cn1. The van der Waals surface area contributed by atoms with Crippen molar-refractivity contribution in [1.29, 1.82) is 0 Å². The van der Waals surface area contributed by atoms with Crippen LogP contribution in [0.1, 0.15) is 25.1 Å². The van der Waals surface area contributed by atoms with E-state index in [9.17, 15) is 0 Å². The molecule has 24 heavy (non-hydrogen) atoms. The first kappa shape index (κ1) is 14.0. The quantitative estimate of drug-likeness (QED) is 0.725. The molecule has 1 fully saturated rings. The van der Waals surface area contributed by atoms with Gasteiger partial charge in [0, 0.05) is 56.3 Å². The highest BCUT2D eigenvalue weighted by Crippen LogP contribution is 2.28. The minimum atomic E-state index is 0.800. The normalized spacial score (nSPS) is 19.0. The van der Waals surface area contributed by atoms with Crippen molar-refractivity contribution < 1.29 is 0 Å². The molecule has 0 amide bonds. The van der Waals surface area contributed by atoms with Crippen LogP contribution in [0.15, 0.2) is 30.9 Å². The smallest absolute Gasteiger partial charge is 0.177 e. The van der Waals surface area contributed by atoms with E-state index in [0.717, 1.165) is 60.3 Å². The molecular weight excluding hydrogens is 300 g/mol. The fraction of sp³-hybridized carbons (Fsp3) is 0.444. The van der Waals surface area contributed by atoms with Gasteiger partial charge < -0.3 is 4.57 Å². The number of hydrogen-bond donors (Lipinski definition) is 0. The van der Waals surface area contributed by atoms with Gasteiger partial charge in [-0.1, -0.05) is 6.42 Å². The van der Waals surface area contributed by atoms with Crippen molar-refractivity contribution in [2.75, 3.05) is 13.1 Å². The third kappa shape index (κ3) is 2.29. The van der Waals surface area contributed by atoms with Crippen molar-refractivity contribution >= 4 is 11.2 Å². The van der Waals surface area contributed by atoms with Crippen LogP contribution in [0, 0.1) is 0 Å². The number of fused-ring (bicyclic) bond motifs is 3. The molecule has 6 nitrogen and oxygen atoms in total. The summed E-state index contributed by atoms with van der Waals surface area (Å²) < 4.78 is 2.35. The highest BCUT2D eigenvalue weighted by atomic mass is 15.2. The summed E-state index contributed by atoms with van der Waals surface area (Å²) in [5.41, 5.74) is 3.81. The third-order valence-corrected chi connectivity index (χ3v) is 5.37. The van der Waals surface area contributed by atoms with Crippen molar-refractivity contribution in [3.63, 3.8) is 0 Å². The molecule has 122 valence electrons. The van der Waals surface area contributed by atoms with Crippen molar-refractivity contribution in [2.24, 2.45) is 0 Å². The Bertz CT molecular complexity index is 868. The van der Waals surface area contributed by atoms with Gasteiger partial charge in [0.15, 0.2) is 5.65 Å². The Morgan fingerprint density at radius 1 is 1.00 bits per heavy atom. The van der Waals surface area contributed by atoms with Crippen LogP contribution in [0.3, 0.4) is 0 Å². The maximum absolute atomic E-state index is 4.77. The zero-order valence-electron chi connectivity index (χ0n) is 13.6. The van der Waals surface area contributed by atoms with E-state index in [1.54, 1.807) is 18.6 Å². The summed E-state index contributed by atoms with van der Waals surface area (Å²) in [6.45, 7) is 3.22. The average molecular weight is 320 g/mol. The summed E-state index contributed by atoms with van der Waals surface area (Å²) in [7, 11) is 0. The molecule has 0 unspecified atom stereocenters. The summed E-state index contributed by atoms with van der Waals surface area (Å²) in [6.07, 6.45) is 12.2. The molecule has 0 aromatic carbocycles. The van der Waals surface area contributed by atoms with Gasteiger partial charge in [-0.05, 0) is 18.9 Å². The number of imidazole rings is 1. The fourth-order valence-corrected chi connectivity index (χ4v) is 3.78. The molecule has 5 rings (SSSR count). The zero-order chi connectivity index (χ0) is 15.9. The number of pyridine rings is 1. The van der Waals surface area contributed by atoms with Crippen LogP contribution >= 0.6 is 0 Å². The summed E-state index contributed by atoms with van der Waals surface area (Å²) in [5.74, 6) is 1.16. The van der Waals surface area contributed by atoms with E-state index < -0.39 is 0 Å². The van der Waals surface area contributed by atoms with Gasteiger partial charge >= 0.3 is 0 Å². The van der Waals surface area contributed by atoms with E-state index in [1.165, 1.54) is 19.3 Å². The average Bonchev–Trinajstić information content (AvgIpc) is 2.80. The van der Waals surface area contributed by atoms with E-state index >= 15 is 0 Å². The first-order valence-electron chi connectivity index (χ1n) is 8.74. The monoisotopic (exact) mass is 320 g/mol. The van der Waals surface area contributed by atoms with Crippen LogP contribution in [-0.2, 0) is 13.0 Å². The van der Waals surface area contributed by atoms with Crippen LogP contribution in [0.4, 0.5) is 0 Å².